The van der Waals surface area contributed by atoms with Gasteiger partial charge in [0.25, 0.3) is 0 Å². The van der Waals surface area contributed by atoms with E-state index in [9.17, 15) is 9.59 Å². The Kier molecular flexibility index (Phi) is 14.6. The Morgan fingerprint density at radius 2 is 1.29 bits per heavy atom. The zero-order chi connectivity index (χ0) is 15.8. The first-order valence-electron chi connectivity index (χ1n) is 8.65. The van der Waals surface area contributed by atoms with Gasteiger partial charge < -0.3 is 10.4 Å². The van der Waals surface area contributed by atoms with E-state index in [4.69, 9.17) is 5.11 Å². The van der Waals surface area contributed by atoms with E-state index in [2.05, 4.69) is 12.2 Å². The Bertz CT molecular complexity index is 267. The number of carbonyl (C=O) groups excluding carboxylic acids is 1. The molecule has 0 aliphatic heterocycles. The van der Waals surface area contributed by atoms with Crippen molar-refractivity contribution >= 4 is 11.9 Å². The summed E-state index contributed by atoms with van der Waals surface area (Å²) in [6.07, 6.45) is 13.1. The highest BCUT2D eigenvalue weighted by molar-refractivity contribution is 5.75. The van der Waals surface area contributed by atoms with Crippen molar-refractivity contribution in [1.82, 2.24) is 5.32 Å². The number of hydrogen-bond acceptors (Lipinski definition) is 2. The van der Waals surface area contributed by atoms with Crippen molar-refractivity contribution in [2.75, 3.05) is 6.54 Å². The SMILES string of the molecule is CCCCCCCCCNC(=O)CCCCCCC(=O)O. The lowest BCUT2D eigenvalue weighted by molar-refractivity contribution is -0.137. The first-order valence-corrected chi connectivity index (χ1v) is 8.65. The molecule has 0 heterocycles. The van der Waals surface area contributed by atoms with E-state index in [0.29, 0.717) is 6.42 Å². The van der Waals surface area contributed by atoms with Gasteiger partial charge in [-0.15, -0.1) is 0 Å². The molecule has 0 unspecified atom stereocenters. The maximum atomic E-state index is 11.6. The van der Waals surface area contributed by atoms with Crippen LogP contribution in [0.2, 0.25) is 0 Å². The Morgan fingerprint density at radius 1 is 0.762 bits per heavy atom. The predicted octanol–water partition coefficient (Wildman–Crippen LogP) is 4.28. The van der Waals surface area contributed by atoms with Gasteiger partial charge in [0, 0.05) is 19.4 Å². The van der Waals surface area contributed by atoms with Crippen LogP contribution in [0.15, 0.2) is 0 Å². The molecule has 0 rings (SSSR count). The fourth-order valence-corrected chi connectivity index (χ4v) is 2.31. The van der Waals surface area contributed by atoms with E-state index >= 15 is 0 Å². The molecule has 0 bridgehead atoms. The molecule has 21 heavy (non-hydrogen) atoms. The van der Waals surface area contributed by atoms with Crippen LogP contribution in [-0.2, 0) is 9.59 Å². The molecule has 4 nitrogen and oxygen atoms in total. The summed E-state index contributed by atoms with van der Waals surface area (Å²) in [4.78, 5) is 21.9. The molecule has 0 radical (unpaired) electrons. The minimum absolute atomic E-state index is 0.138. The summed E-state index contributed by atoms with van der Waals surface area (Å²) in [5.74, 6) is -0.596. The molecule has 0 aromatic heterocycles. The molecule has 1 amide bonds. The molecule has 0 aromatic rings. The molecule has 4 heteroatoms. The Balaban J connectivity index is 3.18. The van der Waals surface area contributed by atoms with Gasteiger partial charge in [-0.3, -0.25) is 9.59 Å². The number of unbranched alkanes of at least 4 members (excludes halogenated alkanes) is 9. The molecule has 0 aliphatic carbocycles. The van der Waals surface area contributed by atoms with Gasteiger partial charge in [0.05, 0.1) is 0 Å². The van der Waals surface area contributed by atoms with Crippen LogP contribution in [0.3, 0.4) is 0 Å². The van der Waals surface area contributed by atoms with E-state index in [-0.39, 0.29) is 12.3 Å². The summed E-state index contributed by atoms with van der Waals surface area (Å²) in [5.41, 5.74) is 0. The fourth-order valence-electron chi connectivity index (χ4n) is 2.31. The largest absolute Gasteiger partial charge is 0.481 e. The highest BCUT2D eigenvalue weighted by Gasteiger charge is 2.01. The summed E-state index contributed by atoms with van der Waals surface area (Å²) in [5, 5.41) is 11.5. The average molecular weight is 299 g/mol. The van der Waals surface area contributed by atoms with Crippen LogP contribution in [0.1, 0.15) is 90.4 Å². The minimum atomic E-state index is -0.734. The summed E-state index contributed by atoms with van der Waals surface area (Å²) < 4.78 is 0. The van der Waals surface area contributed by atoms with Crippen molar-refractivity contribution < 1.29 is 14.7 Å². The number of rotatable bonds is 15. The van der Waals surface area contributed by atoms with E-state index in [0.717, 1.165) is 38.6 Å². The molecule has 0 aliphatic rings. The third kappa shape index (κ3) is 16.9. The minimum Gasteiger partial charge on any atom is -0.481 e. The van der Waals surface area contributed by atoms with Gasteiger partial charge in [0.1, 0.15) is 0 Å². The molecule has 0 saturated heterocycles. The number of nitrogens with one attached hydrogen (secondary N) is 1. The van der Waals surface area contributed by atoms with Crippen molar-refractivity contribution in [2.24, 2.45) is 0 Å². The summed E-state index contributed by atoms with van der Waals surface area (Å²) in [7, 11) is 0. The van der Waals surface area contributed by atoms with E-state index in [1.165, 1.54) is 38.5 Å². The summed E-state index contributed by atoms with van der Waals surface area (Å²) in [6.45, 7) is 3.02. The average Bonchev–Trinajstić information content (AvgIpc) is 2.45. The molecule has 0 saturated carbocycles. The van der Waals surface area contributed by atoms with Gasteiger partial charge in [0.2, 0.25) is 5.91 Å². The maximum Gasteiger partial charge on any atom is 0.303 e. The lowest BCUT2D eigenvalue weighted by Gasteiger charge is -2.05. The van der Waals surface area contributed by atoms with E-state index in [1.807, 2.05) is 0 Å². The number of carbonyl (C=O) groups is 2. The number of aliphatic carboxylic acids is 1. The smallest absolute Gasteiger partial charge is 0.303 e. The topological polar surface area (TPSA) is 66.4 Å². The molecule has 2 N–H and O–H groups in total. The van der Waals surface area contributed by atoms with Crippen molar-refractivity contribution in [1.29, 1.82) is 0 Å². The van der Waals surface area contributed by atoms with Crippen molar-refractivity contribution in [3.05, 3.63) is 0 Å². The van der Waals surface area contributed by atoms with E-state index in [1.54, 1.807) is 0 Å². The second kappa shape index (κ2) is 15.3. The Hall–Kier alpha value is -1.06. The number of carboxylic acids is 1. The third-order valence-electron chi connectivity index (χ3n) is 3.65. The van der Waals surface area contributed by atoms with Crippen molar-refractivity contribution in [3.8, 4) is 0 Å². The normalized spacial score (nSPS) is 10.5. The highest BCUT2D eigenvalue weighted by atomic mass is 16.4. The van der Waals surface area contributed by atoms with Crippen LogP contribution < -0.4 is 5.32 Å². The Labute approximate surface area is 129 Å². The zero-order valence-electron chi connectivity index (χ0n) is 13.7. The van der Waals surface area contributed by atoms with Gasteiger partial charge in [-0.05, 0) is 19.3 Å². The van der Waals surface area contributed by atoms with Gasteiger partial charge in [-0.1, -0.05) is 58.3 Å². The molecule has 0 spiro atoms. The van der Waals surface area contributed by atoms with Crippen LogP contribution in [-0.4, -0.2) is 23.5 Å². The molecule has 0 fully saturated rings. The molecular weight excluding hydrogens is 266 g/mol. The summed E-state index contributed by atoms with van der Waals surface area (Å²) in [6, 6.07) is 0. The number of hydrogen-bond donors (Lipinski definition) is 2. The quantitative estimate of drug-likeness (QED) is 0.444. The number of carboxylic acid groups (broad SMARTS) is 1. The van der Waals surface area contributed by atoms with Gasteiger partial charge in [-0.25, -0.2) is 0 Å². The lowest BCUT2D eigenvalue weighted by Crippen LogP contribution is -2.23. The molecule has 0 atom stereocenters. The molecule has 124 valence electrons. The maximum absolute atomic E-state index is 11.6. The van der Waals surface area contributed by atoms with Crippen LogP contribution in [0.5, 0.6) is 0 Å². The molecular formula is C17H33NO3. The second-order valence-corrected chi connectivity index (χ2v) is 5.78. The van der Waals surface area contributed by atoms with Gasteiger partial charge in [0.15, 0.2) is 0 Å². The van der Waals surface area contributed by atoms with Crippen molar-refractivity contribution in [3.63, 3.8) is 0 Å². The molecule has 0 aromatic carbocycles. The standard InChI is InChI=1S/C17H33NO3/c1-2-3-4-5-6-9-12-15-18-16(19)13-10-7-8-11-14-17(20)21/h2-15H2,1H3,(H,18,19)(H,20,21). The first kappa shape index (κ1) is 19.9. The van der Waals surface area contributed by atoms with E-state index < -0.39 is 5.97 Å². The van der Waals surface area contributed by atoms with Gasteiger partial charge in [-0.2, -0.15) is 0 Å². The van der Waals surface area contributed by atoms with Crippen LogP contribution in [0.25, 0.3) is 0 Å². The highest BCUT2D eigenvalue weighted by Crippen LogP contribution is 2.07. The van der Waals surface area contributed by atoms with Gasteiger partial charge >= 0.3 is 5.97 Å². The van der Waals surface area contributed by atoms with Crippen LogP contribution in [0, 0.1) is 0 Å². The number of amides is 1. The van der Waals surface area contributed by atoms with Crippen LogP contribution >= 0.6 is 0 Å². The second-order valence-electron chi connectivity index (χ2n) is 5.78. The lowest BCUT2D eigenvalue weighted by atomic mass is 10.1. The Morgan fingerprint density at radius 3 is 1.90 bits per heavy atom. The zero-order valence-corrected chi connectivity index (χ0v) is 13.7. The third-order valence-corrected chi connectivity index (χ3v) is 3.65. The monoisotopic (exact) mass is 299 g/mol. The summed E-state index contributed by atoms with van der Waals surface area (Å²) >= 11 is 0. The fraction of sp³-hybridized carbons (Fsp3) is 0.882. The first-order chi connectivity index (χ1) is 10.2. The predicted molar refractivity (Wildman–Crippen MR) is 86.3 cm³/mol. The van der Waals surface area contributed by atoms with Crippen molar-refractivity contribution in [2.45, 2.75) is 90.4 Å². The van der Waals surface area contributed by atoms with Crippen LogP contribution in [0.4, 0.5) is 0 Å².